The van der Waals surface area contributed by atoms with Gasteiger partial charge in [-0.1, -0.05) is 78.5 Å². The number of hydrogen-bond acceptors (Lipinski definition) is 5. The topological polar surface area (TPSA) is 69.5 Å². The Morgan fingerprint density at radius 2 is 1.83 bits per heavy atom. The molecule has 0 bridgehead atoms. The zero-order valence-electron chi connectivity index (χ0n) is 20.5. The van der Waals surface area contributed by atoms with Crippen LogP contribution in [0.4, 0.5) is 0 Å². The Labute approximate surface area is 217 Å². The predicted molar refractivity (Wildman–Crippen MR) is 137 cm³/mol. The first-order valence-electron chi connectivity index (χ1n) is 12.8. The van der Waals surface area contributed by atoms with Crippen LogP contribution in [0.25, 0.3) is 0 Å². The molecule has 1 atom stereocenters. The summed E-state index contributed by atoms with van der Waals surface area (Å²) in [5.74, 6) is 0.214. The normalized spacial score (nSPS) is 19.8. The molecule has 36 heavy (non-hydrogen) atoms. The highest BCUT2D eigenvalue weighted by Gasteiger charge is 2.44. The van der Waals surface area contributed by atoms with Crippen LogP contribution in [0.15, 0.2) is 60.8 Å². The maximum Gasteiger partial charge on any atom is 0.233 e. The highest BCUT2D eigenvalue weighted by molar-refractivity contribution is 6.30. The molecule has 2 aromatic carbocycles. The van der Waals surface area contributed by atoms with Gasteiger partial charge in [0.05, 0.1) is 44.1 Å². The molecule has 1 saturated carbocycles. The van der Waals surface area contributed by atoms with Crippen molar-refractivity contribution in [2.24, 2.45) is 0 Å². The number of hydrogen-bond donors (Lipinski definition) is 0. The number of nitrogens with zero attached hydrogens (tertiary/aromatic N) is 4. The van der Waals surface area contributed by atoms with E-state index in [4.69, 9.17) is 21.1 Å². The average Bonchev–Trinajstić information content (AvgIpc) is 3.36. The van der Waals surface area contributed by atoms with E-state index in [-0.39, 0.29) is 12.0 Å². The van der Waals surface area contributed by atoms with E-state index in [0.717, 1.165) is 42.5 Å². The Bertz CT molecular complexity index is 1130. The van der Waals surface area contributed by atoms with E-state index in [1.165, 1.54) is 6.42 Å². The van der Waals surface area contributed by atoms with E-state index in [1.54, 1.807) is 4.68 Å². The number of amides is 1. The van der Waals surface area contributed by atoms with Gasteiger partial charge in [-0.2, -0.15) is 0 Å². The second-order valence-corrected chi connectivity index (χ2v) is 10.2. The second kappa shape index (κ2) is 11.5. The first-order valence-corrected chi connectivity index (χ1v) is 13.2. The lowest BCUT2D eigenvalue weighted by Crippen LogP contribution is -2.54. The smallest absolute Gasteiger partial charge is 0.233 e. The molecule has 7 nitrogen and oxygen atoms in total. The third kappa shape index (κ3) is 5.80. The summed E-state index contributed by atoms with van der Waals surface area (Å²) in [5, 5.41) is 9.19. The van der Waals surface area contributed by atoms with E-state index in [2.05, 4.69) is 10.3 Å². The van der Waals surface area contributed by atoms with Gasteiger partial charge in [-0.05, 0) is 36.1 Å². The third-order valence-corrected chi connectivity index (χ3v) is 7.53. The quantitative estimate of drug-likeness (QED) is 0.438. The van der Waals surface area contributed by atoms with Crippen molar-refractivity contribution in [2.75, 3.05) is 19.7 Å². The van der Waals surface area contributed by atoms with Crippen molar-refractivity contribution < 1.29 is 14.3 Å². The van der Waals surface area contributed by atoms with Crippen LogP contribution >= 0.6 is 11.6 Å². The van der Waals surface area contributed by atoms with E-state index in [0.29, 0.717) is 44.5 Å². The molecular formula is C28H33ClN4O3. The SMILES string of the molecule is O=C(N1CCOC(Cn2cc(COCc3ccccc3)nn2)C1)C1(c2ccc(Cl)cc2)CCCCC1. The predicted octanol–water partition coefficient (Wildman–Crippen LogP) is 4.78. The number of carbonyl (C=O) groups is 1. The average molecular weight is 509 g/mol. The lowest BCUT2D eigenvalue weighted by Gasteiger charge is -2.43. The maximum absolute atomic E-state index is 14.0. The zero-order chi connectivity index (χ0) is 24.8. The van der Waals surface area contributed by atoms with Crippen molar-refractivity contribution in [1.82, 2.24) is 19.9 Å². The van der Waals surface area contributed by atoms with Crippen molar-refractivity contribution in [3.8, 4) is 0 Å². The van der Waals surface area contributed by atoms with Gasteiger partial charge in [0.1, 0.15) is 5.69 Å². The van der Waals surface area contributed by atoms with Crippen LogP contribution in [-0.2, 0) is 39.4 Å². The highest BCUT2D eigenvalue weighted by Crippen LogP contribution is 2.41. The van der Waals surface area contributed by atoms with E-state index in [9.17, 15) is 4.79 Å². The fourth-order valence-corrected chi connectivity index (χ4v) is 5.54. The minimum absolute atomic E-state index is 0.131. The van der Waals surface area contributed by atoms with Gasteiger partial charge in [0.15, 0.2) is 0 Å². The Hall–Kier alpha value is -2.74. The molecule has 2 heterocycles. The summed E-state index contributed by atoms with van der Waals surface area (Å²) < 4.78 is 13.6. The van der Waals surface area contributed by atoms with Crippen molar-refractivity contribution in [3.63, 3.8) is 0 Å². The van der Waals surface area contributed by atoms with Crippen molar-refractivity contribution in [2.45, 2.75) is 63.4 Å². The van der Waals surface area contributed by atoms with E-state index in [1.807, 2.05) is 65.7 Å². The molecule has 1 aliphatic carbocycles. The van der Waals surface area contributed by atoms with Crippen LogP contribution in [0.1, 0.15) is 48.9 Å². The largest absolute Gasteiger partial charge is 0.373 e. The van der Waals surface area contributed by atoms with Gasteiger partial charge in [-0.15, -0.1) is 5.10 Å². The van der Waals surface area contributed by atoms with Gasteiger partial charge in [0.2, 0.25) is 5.91 Å². The van der Waals surface area contributed by atoms with Gasteiger partial charge in [-0.3, -0.25) is 4.79 Å². The van der Waals surface area contributed by atoms with Gasteiger partial charge < -0.3 is 14.4 Å². The summed E-state index contributed by atoms with van der Waals surface area (Å²) >= 11 is 6.15. The van der Waals surface area contributed by atoms with Gasteiger partial charge in [-0.25, -0.2) is 4.68 Å². The molecule has 2 fully saturated rings. The Balaban J connectivity index is 1.20. The lowest BCUT2D eigenvalue weighted by atomic mass is 9.68. The van der Waals surface area contributed by atoms with Crippen LogP contribution in [0.3, 0.4) is 0 Å². The first kappa shape index (κ1) is 24.9. The van der Waals surface area contributed by atoms with E-state index >= 15 is 0 Å². The molecule has 1 unspecified atom stereocenters. The summed E-state index contributed by atoms with van der Waals surface area (Å²) in [5.41, 5.74) is 2.51. The molecule has 1 amide bonds. The number of ether oxygens (including phenoxy) is 2. The Kier molecular flexibility index (Phi) is 7.99. The molecule has 1 saturated heterocycles. The molecule has 2 aliphatic rings. The highest BCUT2D eigenvalue weighted by atomic mass is 35.5. The van der Waals surface area contributed by atoms with Crippen LogP contribution < -0.4 is 0 Å². The lowest BCUT2D eigenvalue weighted by molar-refractivity contribution is -0.147. The molecule has 3 aromatic rings. The standard InChI is InChI=1S/C28H33ClN4O3/c29-24-11-9-23(10-12-24)28(13-5-2-6-14-28)27(34)32-15-16-36-26(18-32)19-33-17-25(30-31-33)21-35-20-22-7-3-1-4-8-22/h1,3-4,7-12,17,26H,2,5-6,13-16,18-21H2. The van der Waals surface area contributed by atoms with Gasteiger partial charge in [0, 0.05) is 18.1 Å². The summed E-state index contributed by atoms with van der Waals surface area (Å²) in [7, 11) is 0. The number of morpholine rings is 1. The molecular weight excluding hydrogens is 476 g/mol. The molecule has 0 spiro atoms. The van der Waals surface area contributed by atoms with E-state index < -0.39 is 5.41 Å². The minimum Gasteiger partial charge on any atom is -0.373 e. The summed E-state index contributed by atoms with van der Waals surface area (Å²) in [6.45, 7) is 3.16. The number of halogens is 1. The first-order chi connectivity index (χ1) is 17.6. The van der Waals surface area contributed by atoms with Crippen LogP contribution in [-0.4, -0.2) is 51.6 Å². The van der Waals surface area contributed by atoms with Crippen LogP contribution in [0, 0.1) is 0 Å². The molecule has 1 aromatic heterocycles. The van der Waals surface area contributed by atoms with Gasteiger partial charge in [0.25, 0.3) is 0 Å². The number of carbonyl (C=O) groups excluding carboxylic acids is 1. The second-order valence-electron chi connectivity index (χ2n) is 9.80. The molecule has 0 radical (unpaired) electrons. The summed E-state index contributed by atoms with van der Waals surface area (Å²) in [4.78, 5) is 16.0. The Morgan fingerprint density at radius 3 is 2.61 bits per heavy atom. The monoisotopic (exact) mass is 508 g/mol. The van der Waals surface area contributed by atoms with Crippen LogP contribution in [0.2, 0.25) is 5.02 Å². The Morgan fingerprint density at radius 1 is 1.06 bits per heavy atom. The fourth-order valence-electron chi connectivity index (χ4n) is 5.42. The van der Waals surface area contributed by atoms with Crippen molar-refractivity contribution in [1.29, 1.82) is 0 Å². The summed E-state index contributed by atoms with van der Waals surface area (Å²) in [6, 6.07) is 17.9. The molecule has 190 valence electrons. The summed E-state index contributed by atoms with van der Waals surface area (Å²) in [6.07, 6.45) is 6.83. The van der Waals surface area contributed by atoms with Crippen LogP contribution in [0.5, 0.6) is 0 Å². The maximum atomic E-state index is 14.0. The molecule has 1 aliphatic heterocycles. The zero-order valence-corrected chi connectivity index (χ0v) is 21.3. The van der Waals surface area contributed by atoms with Crippen molar-refractivity contribution in [3.05, 3.63) is 82.6 Å². The molecule has 5 rings (SSSR count). The van der Waals surface area contributed by atoms with Crippen molar-refractivity contribution >= 4 is 17.5 Å². The third-order valence-electron chi connectivity index (χ3n) is 7.28. The number of aromatic nitrogens is 3. The molecule has 0 N–H and O–H groups in total. The van der Waals surface area contributed by atoms with Gasteiger partial charge >= 0.3 is 0 Å². The number of benzene rings is 2. The fraction of sp³-hybridized carbons (Fsp3) is 0.464. The molecule has 8 heteroatoms. The number of rotatable bonds is 8. The minimum atomic E-state index is -0.471.